The van der Waals surface area contributed by atoms with Crippen LogP contribution in [0.15, 0.2) is 11.1 Å². The largest absolute Gasteiger partial charge is 0.0707 e. The highest BCUT2D eigenvalue weighted by Crippen LogP contribution is 2.45. The van der Waals surface area contributed by atoms with Crippen molar-refractivity contribution in [1.29, 1.82) is 0 Å². The van der Waals surface area contributed by atoms with E-state index in [2.05, 4.69) is 6.92 Å². The predicted octanol–water partition coefficient (Wildman–Crippen LogP) is 2.51. The maximum absolute atomic E-state index is 2.33. The fourth-order valence-corrected chi connectivity index (χ4v) is 1.44. The summed E-state index contributed by atoms with van der Waals surface area (Å²) in [6.07, 6.45) is 5.75. The van der Waals surface area contributed by atoms with E-state index in [9.17, 15) is 0 Å². The molecule has 1 unspecified atom stereocenters. The van der Waals surface area contributed by atoms with Gasteiger partial charge in [-0.05, 0) is 31.6 Å². The maximum atomic E-state index is 2.33. The first-order valence-electron chi connectivity index (χ1n) is 3.58. The van der Waals surface area contributed by atoms with E-state index in [-0.39, 0.29) is 0 Å². The number of hydrogen-bond acceptors (Lipinski definition) is 0. The lowest BCUT2D eigenvalue weighted by Gasteiger charge is -2.15. The van der Waals surface area contributed by atoms with Gasteiger partial charge in [-0.1, -0.05) is 18.1 Å². The quantitative estimate of drug-likeness (QED) is 0.418. The second-order valence-corrected chi connectivity index (χ2v) is 3.09. The highest BCUT2D eigenvalue weighted by molar-refractivity contribution is 5.31. The van der Waals surface area contributed by atoms with Crippen LogP contribution in [0.4, 0.5) is 0 Å². The third-order valence-electron chi connectivity index (χ3n) is 2.37. The summed E-state index contributed by atoms with van der Waals surface area (Å²) in [5, 5.41) is 0. The number of rotatable bonds is 0. The highest BCUT2D eigenvalue weighted by Gasteiger charge is 2.29. The average molecular weight is 108 g/mol. The van der Waals surface area contributed by atoms with Crippen molar-refractivity contribution in [2.45, 2.75) is 32.6 Å². The summed E-state index contributed by atoms with van der Waals surface area (Å²) in [5.41, 5.74) is 3.61. The van der Waals surface area contributed by atoms with Gasteiger partial charge in [-0.2, -0.15) is 0 Å². The van der Waals surface area contributed by atoms with E-state index in [1.807, 2.05) is 0 Å². The minimum atomic E-state index is 0.977. The van der Waals surface area contributed by atoms with Crippen LogP contribution in [0.2, 0.25) is 0 Å². The van der Waals surface area contributed by atoms with Crippen LogP contribution in [0, 0.1) is 5.92 Å². The lowest BCUT2D eigenvalue weighted by atomic mass is 9.91. The van der Waals surface area contributed by atoms with Gasteiger partial charge in [0.2, 0.25) is 0 Å². The monoisotopic (exact) mass is 108 g/mol. The zero-order chi connectivity index (χ0) is 5.56. The number of allylic oxidation sites excluding steroid dienone is 2. The Labute approximate surface area is 50.6 Å². The molecule has 0 radical (unpaired) electrons. The smallest absolute Gasteiger partial charge is 0.0191 e. The highest BCUT2D eigenvalue weighted by atomic mass is 14.3. The van der Waals surface area contributed by atoms with Crippen LogP contribution < -0.4 is 0 Å². The number of hydrogen-bond donors (Lipinski definition) is 0. The summed E-state index contributed by atoms with van der Waals surface area (Å²) in [4.78, 5) is 0. The summed E-state index contributed by atoms with van der Waals surface area (Å²) in [7, 11) is 0. The summed E-state index contributed by atoms with van der Waals surface area (Å²) in [6, 6.07) is 0. The van der Waals surface area contributed by atoms with Crippen molar-refractivity contribution in [2.75, 3.05) is 0 Å². The van der Waals surface area contributed by atoms with Crippen LogP contribution >= 0.6 is 0 Å². The molecule has 0 bridgehead atoms. The zero-order valence-corrected chi connectivity index (χ0v) is 5.41. The van der Waals surface area contributed by atoms with E-state index in [4.69, 9.17) is 0 Å². The Balaban J connectivity index is 2.11. The van der Waals surface area contributed by atoms with Crippen molar-refractivity contribution in [2.24, 2.45) is 5.92 Å². The van der Waals surface area contributed by atoms with Gasteiger partial charge in [0.15, 0.2) is 0 Å². The van der Waals surface area contributed by atoms with Crippen molar-refractivity contribution in [3.8, 4) is 0 Å². The van der Waals surface area contributed by atoms with Gasteiger partial charge in [-0.3, -0.25) is 0 Å². The maximum Gasteiger partial charge on any atom is -0.0191 e. The average Bonchev–Trinajstić information content (AvgIpc) is 2.13. The second kappa shape index (κ2) is 1.37. The minimum Gasteiger partial charge on any atom is -0.0707 e. The summed E-state index contributed by atoms with van der Waals surface area (Å²) < 4.78 is 0. The molecule has 0 aromatic heterocycles. The van der Waals surface area contributed by atoms with Crippen LogP contribution in [-0.2, 0) is 0 Å². The summed E-state index contributed by atoms with van der Waals surface area (Å²) in [5.74, 6) is 0.977. The van der Waals surface area contributed by atoms with Gasteiger partial charge < -0.3 is 0 Å². The predicted molar refractivity (Wildman–Crippen MR) is 34.7 cm³/mol. The van der Waals surface area contributed by atoms with Gasteiger partial charge >= 0.3 is 0 Å². The molecule has 2 rings (SSSR count). The summed E-state index contributed by atoms with van der Waals surface area (Å²) in [6.45, 7) is 2.33. The molecular formula is C8H12. The molecule has 0 spiro atoms. The third kappa shape index (κ3) is 0.521. The SMILES string of the molecule is CC1CC1=C1CCC1. The fraction of sp³-hybridized carbons (Fsp3) is 0.750. The van der Waals surface area contributed by atoms with Crippen LogP contribution in [-0.4, -0.2) is 0 Å². The standard InChI is InChI=1S/C8H12/c1-6-5-8(6)7-3-2-4-7/h6H,2-5H2,1H3. The second-order valence-electron chi connectivity index (χ2n) is 3.09. The Morgan fingerprint density at radius 1 is 1.38 bits per heavy atom. The molecule has 0 saturated heterocycles. The lowest BCUT2D eigenvalue weighted by Crippen LogP contribution is -1.95. The Morgan fingerprint density at radius 3 is 2.12 bits per heavy atom. The molecule has 2 fully saturated rings. The van der Waals surface area contributed by atoms with Gasteiger partial charge in [-0.25, -0.2) is 0 Å². The first-order valence-corrected chi connectivity index (χ1v) is 3.58. The molecule has 0 aromatic carbocycles. The molecule has 2 aliphatic rings. The minimum absolute atomic E-state index is 0.977. The van der Waals surface area contributed by atoms with Crippen molar-refractivity contribution < 1.29 is 0 Å². The summed E-state index contributed by atoms with van der Waals surface area (Å²) >= 11 is 0. The van der Waals surface area contributed by atoms with Gasteiger partial charge in [-0.15, -0.1) is 0 Å². The molecule has 0 N–H and O–H groups in total. The molecule has 0 heterocycles. The zero-order valence-electron chi connectivity index (χ0n) is 5.41. The van der Waals surface area contributed by atoms with Crippen LogP contribution in [0.5, 0.6) is 0 Å². The fourth-order valence-electron chi connectivity index (χ4n) is 1.44. The van der Waals surface area contributed by atoms with E-state index >= 15 is 0 Å². The lowest BCUT2D eigenvalue weighted by molar-refractivity contribution is 0.656. The molecule has 0 aliphatic heterocycles. The first kappa shape index (κ1) is 4.60. The molecule has 0 heteroatoms. The molecule has 2 aliphatic carbocycles. The molecule has 0 aromatic rings. The molecule has 2 saturated carbocycles. The van der Waals surface area contributed by atoms with Crippen molar-refractivity contribution >= 4 is 0 Å². The van der Waals surface area contributed by atoms with Crippen LogP contribution in [0.3, 0.4) is 0 Å². The van der Waals surface area contributed by atoms with Crippen molar-refractivity contribution in [3.05, 3.63) is 11.1 Å². The Bertz CT molecular complexity index is 131. The Hall–Kier alpha value is -0.260. The van der Waals surface area contributed by atoms with E-state index in [0.717, 1.165) is 5.92 Å². The van der Waals surface area contributed by atoms with Gasteiger partial charge in [0.05, 0.1) is 0 Å². The van der Waals surface area contributed by atoms with Crippen LogP contribution in [0.25, 0.3) is 0 Å². The topological polar surface area (TPSA) is 0 Å². The normalized spacial score (nSPS) is 34.9. The first-order chi connectivity index (χ1) is 3.88. The van der Waals surface area contributed by atoms with Crippen LogP contribution in [0.1, 0.15) is 32.6 Å². The molecule has 0 nitrogen and oxygen atoms in total. The molecule has 8 heavy (non-hydrogen) atoms. The van der Waals surface area contributed by atoms with Gasteiger partial charge in [0.1, 0.15) is 0 Å². The van der Waals surface area contributed by atoms with E-state index in [1.165, 1.54) is 25.7 Å². The molecule has 1 atom stereocenters. The van der Waals surface area contributed by atoms with Crippen molar-refractivity contribution in [1.82, 2.24) is 0 Å². The van der Waals surface area contributed by atoms with Gasteiger partial charge in [0, 0.05) is 0 Å². The third-order valence-corrected chi connectivity index (χ3v) is 2.37. The molecular weight excluding hydrogens is 96.1 g/mol. The molecule has 0 amide bonds. The Morgan fingerprint density at radius 2 is 2.00 bits per heavy atom. The van der Waals surface area contributed by atoms with Gasteiger partial charge in [0.25, 0.3) is 0 Å². The van der Waals surface area contributed by atoms with Crippen molar-refractivity contribution in [3.63, 3.8) is 0 Å². The Kier molecular flexibility index (Phi) is 0.787. The molecule has 44 valence electrons. The van der Waals surface area contributed by atoms with E-state index in [1.54, 1.807) is 11.1 Å². The van der Waals surface area contributed by atoms with E-state index in [0.29, 0.717) is 0 Å². The van der Waals surface area contributed by atoms with E-state index < -0.39 is 0 Å².